The molecule has 2 aromatic rings. The summed E-state index contributed by atoms with van der Waals surface area (Å²) in [4.78, 5) is 8.94. The lowest BCUT2D eigenvalue weighted by Gasteiger charge is -2.31. The first kappa shape index (κ1) is 24.5. The van der Waals surface area contributed by atoms with E-state index in [0.29, 0.717) is 52.2 Å². The standard InChI is InChI=1S/C18H19BrClN5O2S.C2H6/c19-5-8-27-17-9-16(2-1-13(17)10-21)28(26)25-6-3-15(4-7-25)24-18-22-11-14(20)12-23-18;1-2/h1-2,9,11-12,15H,3-8H2,(H,22,23,24);1-2H3. The Morgan fingerprint density at radius 3 is 2.60 bits per heavy atom. The van der Waals surface area contributed by atoms with Crippen LogP contribution in [0.25, 0.3) is 0 Å². The number of anilines is 1. The highest BCUT2D eigenvalue weighted by atomic mass is 79.9. The second-order valence-corrected chi connectivity index (χ2v) is 8.84. The highest BCUT2D eigenvalue weighted by Crippen LogP contribution is 2.25. The number of rotatable bonds is 7. The van der Waals surface area contributed by atoms with Gasteiger partial charge < -0.3 is 10.1 Å². The quantitative estimate of drug-likeness (QED) is 0.551. The predicted octanol–water partition coefficient (Wildman–Crippen LogP) is 4.40. The van der Waals surface area contributed by atoms with Crippen molar-refractivity contribution in [2.75, 3.05) is 30.3 Å². The molecule has 3 rings (SSSR count). The topological polar surface area (TPSA) is 91.1 Å². The molecule has 0 bridgehead atoms. The molecule has 1 N–H and O–H groups in total. The van der Waals surface area contributed by atoms with E-state index in [0.717, 1.165) is 12.8 Å². The van der Waals surface area contributed by atoms with E-state index in [1.165, 1.54) is 0 Å². The Kier molecular flexibility index (Phi) is 10.5. The minimum atomic E-state index is -1.30. The Labute approximate surface area is 193 Å². The first-order chi connectivity index (χ1) is 14.6. The third kappa shape index (κ3) is 6.91. The molecule has 1 aliphatic heterocycles. The normalized spacial score (nSPS) is 15.4. The average molecular weight is 515 g/mol. The van der Waals surface area contributed by atoms with Crippen LogP contribution in [0.15, 0.2) is 35.5 Å². The number of hydrogen-bond acceptors (Lipinski definition) is 6. The average Bonchev–Trinajstić information content (AvgIpc) is 2.80. The van der Waals surface area contributed by atoms with Gasteiger partial charge in [0.25, 0.3) is 0 Å². The zero-order valence-corrected chi connectivity index (χ0v) is 20.1. The number of hydrogen-bond donors (Lipinski definition) is 1. The number of aromatic nitrogens is 2. The SMILES string of the molecule is CC.N#Cc1ccc(S(=O)N2CCC(Nc3ncc(Cl)cn3)CC2)cc1OCCBr. The van der Waals surface area contributed by atoms with Gasteiger partial charge in [0, 0.05) is 24.5 Å². The molecule has 10 heteroatoms. The summed E-state index contributed by atoms with van der Waals surface area (Å²) in [6.45, 7) is 5.79. The summed E-state index contributed by atoms with van der Waals surface area (Å²) in [5.74, 6) is 1.01. The minimum absolute atomic E-state index is 0.216. The van der Waals surface area contributed by atoms with Crippen molar-refractivity contribution in [3.8, 4) is 11.8 Å². The van der Waals surface area contributed by atoms with Gasteiger partial charge in [-0.05, 0) is 31.0 Å². The molecule has 1 unspecified atom stereocenters. The van der Waals surface area contributed by atoms with Crippen molar-refractivity contribution >= 4 is 44.5 Å². The Morgan fingerprint density at radius 1 is 1.33 bits per heavy atom. The van der Waals surface area contributed by atoms with E-state index in [2.05, 4.69) is 37.3 Å². The summed E-state index contributed by atoms with van der Waals surface area (Å²) >= 11 is 9.10. The summed E-state index contributed by atoms with van der Waals surface area (Å²) in [5, 5.41) is 13.7. The molecule has 2 heterocycles. The zero-order valence-electron chi connectivity index (χ0n) is 17.0. The van der Waals surface area contributed by atoms with Crippen molar-refractivity contribution in [3.05, 3.63) is 41.2 Å². The van der Waals surface area contributed by atoms with Crippen LogP contribution in [0, 0.1) is 11.3 Å². The number of halogens is 2. The van der Waals surface area contributed by atoms with E-state index in [1.807, 2.05) is 18.2 Å². The molecule has 1 aliphatic rings. The summed E-state index contributed by atoms with van der Waals surface area (Å²) in [6, 6.07) is 7.39. The second-order valence-electron chi connectivity index (χ2n) is 6.13. The molecule has 1 aromatic heterocycles. The van der Waals surface area contributed by atoms with Crippen molar-refractivity contribution in [1.82, 2.24) is 14.3 Å². The van der Waals surface area contributed by atoms with Crippen LogP contribution in [0.2, 0.25) is 5.02 Å². The lowest BCUT2D eigenvalue weighted by molar-refractivity contribution is 0.340. The molecular weight excluding hydrogens is 490 g/mol. The van der Waals surface area contributed by atoms with Crippen LogP contribution in [0.3, 0.4) is 0 Å². The summed E-state index contributed by atoms with van der Waals surface area (Å²) in [6.07, 6.45) is 4.75. The number of benzene rings is 1. The largest absolute Gasteiger partial charge is 0.491 e. The fourth-order valence-corrected chi connectivity index (χ4v) is 4.35. The molecule has 0 saturated carbocycles. The fourth-order valence-electron chi connectivity index (χ4n) is 2.86. The van der Waals surface area contributed by atoms with Gasteiger partial charge in [-0.3, -0.25) is 0 Å². The minimum Gasteiger partial charge on any atom is -0.491 e. The van der Waals surface area contributed by atoms with E-state index in [9.17, 15) is 9.47 Å². The Morgan fingerprint density at radius 2 is 2.00 bits per heavy atom. The van der Waals surface area contributed by atoms with Crippen molar-refractivity contribution in [2.24, 2.45) is 0 Å². The molecule has 30 heavy (non-hydrogen) atoms. The first-order valence-corrected chi connectivity index (χ1v) is 12.3. The molecule has 1 fully saturated rings. The monoisotopic (exact) mass is 513 g/mol. The van der Waals surface area contributed by atoms with Crippen molar-refractivity contribution in [2.45, 2.75) is 37.6 Å². The lowest BCUT2D eigenvalue weighted by Crippen LogP contribution is -2.40. The van der Waals surface area contributed by atoms with E-state index in [4.69, 9.17) is 16.3 Å². The third-order valence-corrected chi connectivity index (χ3v) is 6.26. The van der Waals surface area contributed by atoms with Crippen LogP contribution < -0.4 is 10.1 Å². The van der Waals surface area contributed by atoms with Crippen LogP contribution in [-0.4, -0.2) is 49.6 Å². The maximum atomic E-state index is 13.0. The maximum absolute atomic E-state index is 13.0. The van der Waals surface area contributed by atoms with Gasteiger partial charge in [-0.2, -0.15) is 5.26 Å². The molecular formula is C20H25BrClN5O2S. The summed E-state index contributed by atoms with van der Waals surface area (Å²) in [5.41, 5.74) is 0.438. The van der Waals surface area contributed by atoms with E-state index < -0.39 is 11.0 Å². The summed E-state index contributed by atoms with van der Waals surface area (Å²) in [7, 11) is -1.30. The first-order valence-electron chi connectivity index (χ1n) is 9.74. The Balaban J connectivity index is 0.00000155. The van der Waals surface area contributed by atoms with Gasteiger partial charge in [0.1, 0.15) is 22.8 Å². The van der Waals surface area contributed by atoms with E-state index >= 15 is 0 Å². The number of ether oxygens (including phenoxy) is 1. The predicted molar refractivity (Wildman–Crippen MR) is 123 cm³/mol. The van der Waals surface area contributed by atoms with Gasteiger partial charge >= 0.3 is 0 Å². The van der Waals surface area contributed by atoms with Gasteiger partial charge in [0.15, 0.2) is 0 Å². The third-order valence-electron chi connectivity index (χ3n) is 4.25. The second kappa shape index (κ2) is 12.8. The van der Waals surface area contributed by atoms with Gasteiger partial charge in [0.05, 0.1) is 34.5 Å². The lowest BCUT2D eigenvalue weighted by atomic mass is 10.1. The van der Waals surface area contributed by atoms with Gasteiger partial charge in [-0.1, -0.05) is 41.4 Å². The van der Waals surface area contributed by atoms with Crippen molar-refractivity contribution in [3.63, 3.8) is 0 Å². The van der Waals surface area contributed by atoms with Crippen LogP contribution in [0.4, 0.5) is 5.95 Å². The number of nitrogens with zero attached hydrogens (tertiary/aromatic N) is 4. The van der Waals surface area contributed by atoms with Crippen LogP contribution in [-0.2, 0) is 11.0 Å². The van der Waals surface area contributed by atoms with Crippen LogP contribution >= 0.6 is 27.5 Å². The molecule has 1 saturated heterocycles. The summed E-state index contributed by atoms with van der Waals surface area (Å²) < 4.78 is 20.5. The number of piperidine rings is 1. The molecule has 0 spiro atoms. The van der Waals surface area contributed by atoms with Crippen molar-refractivity contribution in [1.29, 1.82) is 5.26 Å². The molecule has 0 amide bonds. The molecule has 162 valence electrons. The number of nitriles is 1. The molecule has 0 radical (unpaired) electrons. The van der Waals surface area contributed by atoms with E-state index in [-0.39, 0.29) is 6.04 Å². The highest BCUT2D eigenvalue weighted by Gasteiger charge is 2.24. The van der Waals surface area contributed by atoms with Gasteiger partial charge in [-0.25, -0.2) is 18.5 Å². The van der Waals surface area contributed by atoms with Crippen LogP contribution in [0.5, 0.6) is 5.75 Å². The smallest absolute Gasteiger partial charge is 0.222 e. The number of nitrogens with one attached hydrogen (secondary N) is 1. The highest BCUT2D eigenvalue weighted by molar-refractivity contribution is 9.09. The Bertz CT molecular complexity index is 870. The molecule has 0 aliphatic carbocycles. The molecule has 1 aromatic carbocycles. The number of alkyl halides is 1. The maximum Gasteiger partial charge on any atom is 0.222 e. The Hall–Kier alpha value is -1.73. The fraction of sp³-hybridized carbons (Fsp3) is 0.450. The van der Waals surface area contributed by atoms with Crippen LogP contribution in [0.1, 0.15) is 32.3 Å². The van der Waals surface area contributed by atoms with Gasteiger partial charge in [0.2, 0.25) is 5.95 Å². The zero-order chi connectivity index (χ0) is 21.9. The van der Waals surface area contributed by atoms with E-state index in [1.54, 1.807) is 30.6 Å². The molecule has 1 atom stereocenters. The van der Waals surface area contributed by atoms with Crippen molar-refractivity contribution < 1.29 is 8.95 Å². The molecule has 7 nitrogen and oxygen atoms in total. The van der Waals surface area contributed by atoms with Gasteiger partial charge in [-0.15, -0.1) is 0 Å².